The summed E-state index contributed by atoms with van der Waals surface area (Å²) in [6.45, 7) is 3.04. The van der Waals surface area contributed by atoms with Gasteiger partial charge in [-0.25, -0.2) is 4.79 Å². The van der Waals surface area contributed by atoms with Crippen molar-refractivity contribution in [3.8, 4) is 17.2 Å². The van der Waals surface area contributed by atoms with Crippen LogP contribution in [0.5, 0.6) is 5.75 Å². The summed E-state index contributed by atoms with van der Waals surface area (Å²) in [6.07, 6.45) is 1.82. The molecular weight excluding hydrogens is 384 g/mol. The van der Waals surface area contributed by atoms with Gasteiger partial charge in [0.1, 0.15) is 5.56 Å². The van der Waals surface area contributed by atoms with Gasteiger partial charge in [-0.1, -0.05) is 32.9 Å². The molecule has 2 aromatic heterocycles. The Kier molecular flexibility index (Phi) is 4.25. The molecule has 0 aliphatic carbocycles. The largest absolute Gasteiger partial charge is 0.477 e. The molecule has 6 nitrogen and oxygen atoms in total. The molecule has 1 atom stereocenters. The van der Waals surface area contributed by atoms with Crippen molar-refractivity contribution in [2.45, 2.75) is 39.8 Å². The van der Waals surface area contributed by atoms with Crippen molar-refractivity contribution in [1.29, 1.82) is 0 Å². The molecular formula is C21H19F2NO5. The number of fused-ring (bicyclic) bond motifs is 5. The van der Waals surface area contributed by atoms with Crippen LogP contribution in [0.25, 0.3) is 22.4 Å². The summed E-state index contributed by atoms with van der Waals surface area (Å²) in [6, 6.07) is 5.82. The Bertz CT molecular complexity index is 1190. The average Bonchev–Trinajstić information content (AvgIpc) is 2.99. The first-order valence-electron chi connectivity index (χ1n) is 9.07. The molecule has 1 aliphatic rings. The van der Waals surface area contributed by atoms with Gasteiger partial charge in [0.2, 0.25) is 0 Å². The van der Waals surface area contributed by atoms with Crippen LogP contribution >= 0.6 is 0 Å². The van der Waals surface area contributed by atoms with E-state index in [1.165, 1.54) is 18.3 Å². The van der Waals surface area contributed by atoms with E-state index in [1.807, 2.05) is 20.8 Å². The number of carboxylic acid groups (broad SMARTS) is 1. The molecule has 1 aromatic carbocycles. The molecule has 0 amide bonds. The van der Waals surface area contributed by atoms with Crippen molar-refractivity contribution in [3.63, 3.8) is 0 Å². The zero-order valence-electron chi connectivity index (χ0n) is 16.0. The van der Waals surface area contributed by atoms with Crippen LogP contribution in [0.15, 0.2) is 39.7 Å². The molecule has 29 heavy (non-hydrogen) atoms. The topological polar surface area (TPSA) is 81.7 Å². The number of rotatable bonds is 3. The fraction of sp³-hybridized carbons (Fsp3) is 0.333. The van der Waals surface area contributed by atoms with Gasteiger partial charge in [0, 0.05) is 29.3 Å². The number of aromatic carboxylic acids is 1. The summed E-state index contributed by atoms with van der Waals surface area (Å²) in [5, 5.41) is 9.99. The Morgan fingerprint density at radius 3 is 2.69 bits per heavy atom. The number of halogens is 2. The van der Waals surface area contributed by atoms with Gasteiger partial charge in [-0.05, 0) is 17.9 Å². The summed E-state index contributed by atoms with van der Waals surface area (Å²) in [5.41, 5.74) is 0.118. The monoisotopic (exact) mass is 403 g/mol. The first kappa shape index (κ1) is 19.2. The lowest BCUT2D eigenvalue weighted by Gasteiger charge is -2.37. The van der Waals surface area contributed by atoms with Gasteiger partial charge in [-0.15, -0.1) is 0 Å². The predicted molar refractivity (Wildman–Crippen MR) is 102 cm³/mol. The third kappa shape index (κ3) is 3.08. The zero-order chi connectivity index (χ0) is 21.1. The quantitative estimate of drug-likeness (QED) is 0.685. The van der Waals surface area contributed by atoms with Gasteiger partial charge >= 0.3 is 12.6 Å². The molecule has 0 radical (unpaired) electrons. The first-order chi connectivity index (χ1) is 13.6. The number of carbonyl (C=O) groups is 1. The van der Waals surface area contributed by atoms with Crippen LogP contribution in [-0.2, 0) is 6.42 Å². The number of nitrogens with zero attached hydrogens (tertiary/aromatic N) is 1. The minimum atomic E-state index is -3.00. The van der Waals surface area contributed by atoms with E-state index in [0.29, 0.717) is 23.3 Å². The van der Waals surface area contributed by atoms with E-state index < -0.39 is 18.0 Å². The molecule has 0 fully saturated rings. The number of alkyl halides is 2. The third-order valence-corrected chi connectivity index (χ3v) is 5.27. The van der Waals surface area contributed by atoms with Crippen LogP contribution in [0.2, 0.25) is 0 Å². The SMILES string of the molecule is CC(C)(C)[C@H]1Cc2c(oc3c(OC(F)F)cccc23)-c2cc(=O)c(C(=O)O)cn21. The number of benzene rings is 1. The van der Waals surface area contributed by atoms with E-state index in [0.717, 1.165) is 5.56 Å². The van der Waals surface area contributed by atoms with Crippen molar-refractivity contribution < 1.29 is 27.8 Å². The molecule has 3 heterocycles. The zero-order valence-corrected chi connectivity index (χ0v) is 16.0. The maximum absolute atomic E-state index is 12.8. The number of furan rings is 1. The molecule has 152 valence electrons. The van der Waals surface area contributed by atoms with Crippen LogP contribution in [0.3, 0.4) is 0 Å². The second-order valence-electron chi connectivity index (χ2n) is 8.16. The molecule has 8 heteroatoms. The molecule has 0 saturated carbocycles. The summed E-state index contributed by atoms with van der Waals surface area (Å²) in [7, 11) is 0. The summed E-state index contributed by atoms with van der Waals surface area (Å²) >= 11 is 0. The van der Waals surface area contributed by atoms with E-state index in [9.17, 15) is 23.5 Å². The van der Waals surface area contributed by atoms with Gasteiger partial charge in [0.05, 0.1) is 5.69 Å². The van der Waals surface area contributed by atoms with Crippen molar-refractivity contribution in [2.24, 2.45) is 5.41 Å². The Balaban J connectivity index is 2.03. The highest BCUT2D eigenvalue weighted by Gasteiger charge is 2.36. The number of carboxylic acids is 1. The molecule has 1 aliphatic heterocycles. The van der Waals surface area contributed by atoms with E-state index in [1.54, 1.807) is 16.7 Å². The number of pyridine rings is 1. The van der Waals surface area contributed by atoms with Crippen molar-refractivity contribution in [2.75, 3.05) is 0 Å². The summed E-state index contributed by atoms with van der Waals surface area (Å²) in [5.74, 6) is -1.03. The van der Waals surface area contributed by atoms with Crippen molar-refractivity contribution >= 4 is 16.9 Å². The summed E-state index contributed by atoms with van der Waals surface area (Å²) < 4.78 is 37.8. The molecule has 3 aromatic rings. The average molecular weight is 403 g/mol. The fourth-order valence-corrected chi connectivity index (χ4v) is 3.91. The van der Waals surface area contributed by atoms with E-state index in [2.05, 4.69) is 4.74 Å². The predicted octanol–water partition coefficient (Wildman–Crippen LogP) is 4.70. The van der Waals surface area contributed by atoms with Gasteiger partial charge in [0.25, 0.3) is 0 Å². The van der Waals surface area contributed by atoms with Gasteiger partial charge in [-0.3, -0.25) is 4.79 Å². The van der Waals surface area contributed by atoms with Crippen LogP contribution in [0, 0.1) is 5.41 Å². The van der Waals surface area contributed by atoms with Gasteiger partial charge in [0.15, 0.2) is 22.5 Å². The highest BCUT2D eigenvalue weighted by atomic mass is 19.3. The van der Waals surface area contributed by atoms with Gasteiger partial charge in [-0.2, -0.15) is 8.78 Å². The maximum Gasteiger partial charge on any atom is 0.387 e. The molecule has 4 rings (SSSR count). The minimum absolute atomic E-state index is 0.0877. The number of hydrogen-bond donors (Lipinski definition) is 1. The molecule has 0 saturated heterocycles. The fourth-order valence-electron chi connectivity index (χ4n) is 3.91. The number of ether oxygens (including phenoxy) is 1. The number of aromatic nitrogens is 1. The van der Waals surface area contributed by atoms with E-state index in [4.69, 9.17) is 4.42 Å². The van der Waals surface area contributed by atoms with E-state index >= 15 is 0 Å². The Morgan fingerprint density at radius 2 is 2.07 bits per heavy atom. The smallest absolute Gasteiger partial charge is 0.387 e. The Labute approximate surface area is 164 Å². The molecule has 1 N–H and O–H groups in total. The molecule has 0 unspecified atom stereocenters. The highest BCUT2D eigenvalue weighted by Crippen LogP contribution is 2.47. The lowest BCUT2D eigenvalue weighted by atomic mass is 9.80. The standard InChI is InChI=1S/C21H19F2NO5/c1-21(2,3)16-7-11-10-5-4-6-15(28-20(22)23)18(10)29-17(11)13-8-14(25)12(19(26)27)9-24(13)16/h4-6,8-9,16,20H,7H2,1-3H3,(H,26,27)/t16-/m1/s1. The van der Waals surface area contributed by atoms with Crippen molar-refractivity contribution in [1.82, 2.24) is 4.57 Å². The van der Waals surface area contributed by atoms with Gasteiger partial charge < -0.3 is 18.8 Å². The number of hydrogen-bond acceptors (Lipinski definition) is 4. The van der Waals surface area contributed by atoms with Crippen LogP contribution in [0.4, 0.5) is 8.78 Å². The first-order valence-corrected chi connectivity index (χ1v) is 9.07. The van der Waals surface area contributed by atoms with Crippen LogP contribution < -0.4 is 10.2 Å². The molecule has 0 spiro atoms. The summed E-state index contributed by atoms with van der Waals surface area (Å²) in [4.78, 5) is 23.8. The lowest BCUT2D eigenvalue weighted by molar-refractivity contribution is -0.0493. The van der Waals surface area contributed by atoms with Crippen LogP contribution in [0.1, 0.15) is 42.7 Å². The minimum Gasteiger partial charge on any atom is -0.477 e. The normalized spacial score (nSPS) is 16.0. The second kappa shape index (κ2) is 6.43. The molecule has 0 bridgehead atoms. The van der Waals surface area contributed by atoms with Crippen molar-refractivity contribution in [3.05, 3.63) is 51.8 Å². The second-order valence-corrected chi connectivity index (χ2v) is 8.16. The van der Waals surface area contributed by atoms with Crippen LogP contribution in [-0.4, -0.2) is 22.3 Å². The Morgan fingerprint density at radius 1 is 1.34 bits per heavy atom. The van der Waals surface area contributed by atoms with E-state index in [-0.39, 0.29) is 28.4 Å². The lowest BCUT2D eigenvalue weighted by Crippen LogP contribution is -2.32. The number of para-hydroxylation sites is 1. The highest BCUT2D eigenvalue weighted by molar-refractivity contribution is 5.92. The Hall–Kier alpha value is -3.16. The third-order valence-electron chi connectivity index (χ3n) is 5.27. The maximum atomic E-state index is 12.8.